The second kappa shape index (κ2) is 8.39. The molecule has 0 aromatic rings. The third-order valence-electron chi connectivity index (χ3n) is 3.16. The maximum atomic E-state index is 12.8. The summed E-state index contributed by atoms with van der Waals surface area (Å²) < 4.78 is 11.0. The molecule has 10 heteroatoms. The number of nitrogens with one attached hydrogen (secondary N) is 3. The second-order valence-corrected chi connectivity index (χ2v) is 9.22. The number of carboxylic acid groups (broad SMARTS) is 1. The number of hydrogen-bond donors (Lipinski definition) is 4. The lowest BCUT2D eigenvalue weighted by Gasteiger charge is -2.33. The van der Waals surface area contributed by atoms with Crippen molar-refractivity contribution >= 4 is 29.7 Å². The molecular weight excluding hydrogens is 374 g/mol. The topological polar surface area (TPSA) is 126 Å². The molecule has 4 N–H and O–H groups in total. The Morgan fingerprint density at radius 2 is 1.74 bits per heavy atom. The molecule has 154 valence electrons. The molecule has 0 saturated carbocycles. The van der Waals surface area contributed by atoms with Crippen LogP contribution in [-0.4, -0.2) is 51.4 Å². The number of carbonyl (C=O) groups excluding carboxylic acids is 2. The van der Waals surface area contributed by atoms with Gasteiger partial charge in [0.15, 0.2) is 0 Å². The normalized spacial score (nSPS) is 21.7. The average Bonchev–Trinajstić information content (AvgIpc) is 2.90. The molecule has 0 aromatic carbocycles. The van der Waals surface area contributed by atoms with Gasteiger partial charge in [-0.15, -0.1) is 0 Å². The van der Waals surface area contributed by atoms with Gasteiger partial charge in [0.25, 0.3) is 4.99 Å². The van der Waals surface area contributed by atoms with Crippen LogP contribution in [0.25, 0.3) is 0 Å². The predicted octanol–water partition coefficient (Wildman–Crippen LogP) is 1.75. The number of rotatable bonds is 6. The van der Waals surface area contributed by atoms with E-state index in [0.29, 0.717) is 0 Å². The molecule has 0 spiro atoms. The molecule has 0 fully saturated rings. The van der Waals surface area contributed by atoms with Gasteiger partial charge in [-0.05, 0) is 53.9 Å². The minimum absolute atomic E-state index is 0.583. The van der Waals surface area contributed by atoms with Gasteiger partial charge >= 0.3 is 12.1 Å². The maximum absolute atomic E-state index is 12.8. The summed E-state index contributed by atoms with van der Waals surface area (Å²) >= 11 is 0.889. The molecule has 0 bridgehead atoms. The number of amides is 2. The number of carboxylic acids is 1. The Hall–Kier alpha value is -1.94. The zero-order valence-electron chi connectivity index (χ0n) is 16.7. The van der Waals surface area contributed by atoms with Crippen LogP contribution in [0.4, 0.5) is 4.79 Å². The molecule has 3 atom stereocenters. The van der Waals surface area contributed by atoms with E-state index in [1.807, 2.05) is 20.8 Å². The summed E-state index contributed by atoms with van der Waals surface area (Å²) in [5.41, 5.74) is -1.34. The van der Waals surface area contributed by atoms with Crippen molar-refractivity contribution < 1.29 is 29.0 Å². The standard InChI is InChI=1S/C17H29N3O6S/c1-10(25-15(2,3)4)11(19-14(24)26-16(5,6)7)12(21)20-17(13(22)23)18-8-9-27-17/h8-11,18H,1-7H3,(H,19,24)(H,20,21)(H,22,23)/t10-,11+,17?/m1/s1. The van der Waals surface area contributed by atoms with E-state index in [0.717, 1.165) is 11.8 Å². The van der Waals surface area contributed by atoms with E-state index in [-0.39, 0.29) is 0 Å². The van der Waals surface area contributed by atoms with Crippen molar-refractivity contribution in [2.45, 2.75) is 76.8 Å². The van der Waals surface area contributed by atoms with E-state index >= 15 is 0 Å². The van der Waals surface area contributed by atoms with Crippen LogP contribution in [0.2, 0.25) is 0 Å². The minimum Gasteiger partial charge on any atom is -0.477 e. The van der Waals surface area contributed by atoms with Gasteiger partial charge in [-0.2, -0.15) is 0 Å². The summed E-state index contributed by atoms with van der Waals surface area (Å²) in [5, 5.41) is 18.5. The van der Waals surface area contributed by atoms with Crippen LogP contribution < -0.4 is 16.0 Å². The monoisotopic (exact) mass is 403 g/mol. The maximum Gasteiger partial charge on any atom is 0.408 e. The number of ether oxygens (including phenoxy) is 2. The van der Waals surface area contributed by atoms with E-state index in [9.17, 15) is 19.5 Å². The molecule has 9 nitrogen and oxygen atoms in total. The van der Waals surface area contributed by atoms with E-state index < -0.39 is 46.3 Å². The number of carbonyl (C=O) groups is 3. The molecule has 0 aromatic heterocycles. The van der Waals surface area contributed by atoms with E-state index in [1.54, 1.807) is 27.7 Å². The average molecular weight is 404 g/mol. The summed E-state index contributed by atoms with van der Waals surface area (Å²) in [6.45, 7) is 12.1. The van der Waals surface area contributed by atoms with Gasteiger partial charge in [0.05, 0.1) is 11.7 Å². The Balaban J connectivity index is 2.99. The number of thioether (sulfide) groups is 1. The summed E-state index contributed by atoms with van der Waals surface area (Å²) in [6, 6.07) is -1.17. The van der Waals surface area contributed by atoms with Crippen LogP contribution in [0.3, 0.4) is 0 Å². The summed E-state index contributed by atoms with van der Waals surface area (Å²) in [7, 11) is 0. The molecular formula is C17H29N3O6S. The van der Waals surface area contributed by atoms with Crippen LogP contribution in [0.5, 0.6) is 0 Å². The van der Waals surface area contributed by atoms with E-state index in [1.165, 1.54) is 11.6 Å². The zero-order chi connectivity index (χ0) is 21.0. The van der Waals surface area contributed by atoms with Gasteiger partial charge in [0.1, 0.15) is 11.6 Å². The first kappa shape index (κ1) is 23.1. The highest BCUT2D eigenvalue weighted by atomic mass is 32.2. The Morgan fingerprint density at radius 3 is 2.15 bits per heavy atom. The Bertz CT molecular complexity index is 601. The Morgan fingerprint density at radius 1 is 1.15 bits per heavy atom. The fourth-order valence-electron chi connectivity index (χ4n) is 2.26. The van der Waals surface area contributed by atoms with Crippen LogP contribution in [0, 0.1) is 0 Å². The van der Waals surface area contributed by atoms with Crippen LogP contribution in [0.1, 0.15) is 48.5 Å². The van der Waals surface area contributed by atoms with Crippen molar-refractivity contribution in [1.82, 2.24) is 16.0 Å². The largest absolute Gasteiger partial charge is 0.477 e. The molecule has 1 unspecified atom stereocenters. The van der Waals surface area contributed by atoms with Crippen molar-refractivity contribution in [3.63, 3.8) is 0 Å². The summed E-state index contributed by atoms with van der Waals surface area (Å²) in [4.78, 5) is 34.9. The fraction of sp³-hybridized carbons (Fsp3) is 0.706. The van der Waals surface area contributed by atoms with Crippen LogP contribution >= 0.6 is 11.8 Å². The van der Waals surface area contributed by atoms with Crippen molar-refractivity contribution in [2.75, 3.05) is 0 Å². The van der Waals surface area contributed by atoms with E-state index in [4.69, 9.17) is 9.47 Å². The highest BCUT2D eigenvalue weighted by Gasteiger charge is 2.44. The minimum atomic E-state index is -1.74. The first-order valence-electron chi connectivity index (χ1n) is 8.48. The molecule has 0 aliphatic carbocycles. The quantitative estimate of drug-likeness (QED) is 0.528. The van der Waals surface area contributed by atoms with Gasteiger partial charge in [0.2, 0.25) is 5.91 Å². The zero-order valence-corrected chi connectivity index (χ0v) is 17.5. The van der Waals surface area contributed by atoms with Gasteiger partial charge in [-0.25, -0.2) is 9.59 Å². The van der Waals surface area contributed by atoms with Crippen molar-refractivity contribution in [3.8, 4) is 0 Å². The van der Waals surface area contributed by atoms with Crippen molar-refractivity contribution in [1.29, 1.82) is 0 Å². The van der Waals surface area contributed by atoms with Gasteiger partial charge in [0, 0.05) is 6.20 Å². The lowest BCUT2D eigenvalue weighted by atomic mass is 10.1. The number of alkyl carbamates (subject to hydrolysis) is 1. The number of hydrogen-bond acceptors (Lipinski definition) is 7. The van der Waals surface area contributed by atoms with Gasteiger partial charge in [-0.1, -0.05) is 11.8 Å². The molecule has 27 heavy (non-hydrogen) atoms. The van der Waals surface area contributed by atoms with Gasteiger partial charge < -0.3 is 30.5 Å². The summed E-state index contributed by atoms with van der Waals surface area (Å²) in [6.07, 6.45) is -0.131. The lowest BCUT2D eigenvalue weighted by Crippen LogP contribution is -2.64. The van der Waals surface area contributed by atoms with Gasteiger partial charge in [-0.3, -0.25) is 4.79 Å². The Labute approximate surface area is 163 Å². The van der Waals surface area contributed by atoms with Crippen LogP contribution in [0.15, 0.2) is 11.6 Å². The number of aliphatic carboxylic acids is 1. The second-order valence-electron chi connectivity index (χ2n) is 8.10. The third-order valence-corrected chi connectivity index (χ3v) is 4.18. The predicted molar refractivity (Wildman–Crippen MR) is 102 cm³/mol. The smallest absolute Gasteiger partial charge is 0.408 e. The molecule has 1 heterocycles. The molecule has 0 radical (unpaired) electrons. The molecule has 1 aliphatic rings. The molecule has 2 amide bonds. The fourth-order valence-corrected chi connectivity index (χ4v) is 3.00. The molecule has 1 aliphatic heterocycles. The van der Waals surface area contributed by atoms with Crippen molar-refractivity contribution in [2.24, 2.45) is 0 Å². The van der Waals surface area contributed by atoms with Crippen LogP contribution in [-0.2, 0) is 19.1 Å². The highest BCUT2D eigenvalue weighted by Crippen LogP contribution is 2.26. The first-order chi connectivity index (χ1) is 12.2. The Kier molecular flexibility index (Phi) is 7.17. The molecule has 1 rings (SSSR count). The first-order valence-corrected chi connectivity index (χ1v) is 9.36. The van der Waals surface area contributed by atoms with E-state index in [2.05, 4.69) is 16.0 Å². The SMILES string of the molecule is C[C@@H](OC(C)(C)C)[C@H](NC(=O)OC(C)(C)C)C(=O)NC1(C(=O)O)NC=CS1. The van der Waals surface area contributed by atoms with Crippen molar-refractivity contribution in [3.05, 3.63) is 11.6 Å². The highest BCUT2D eigenvalue weighted by molar-refractivity contribution is 8.04. The lowest BCUT2D eigenvalue weighted by molar-refractivity contribution is -0.146. The third kappa shape index (κ3) is 7.30. The molecule has 0 saturated heterocycles. The summed E-state index contributed by atoms with van der Waals surface area (Å²) in [5.74, 6) is -1.99.